The van der Waals surface area contributed by atoms with E-state index in [2.05, 4.69) is 5.32 Å². The van der Waals surface area contributed by atoms with Crippen LogP contribution in [0.4, 0.5) is 0 Å². The van der Waals surface area contributed by atoms with Gasteiger partial charge in [-0.1, -0.05) is 12.1 Å². The van der Waals surface area contributed by atoms with E-state index in [1.54, 1.807) is 48.4 Å². The molecule has 2 aromatic carbocycles. The molecule has 1 aliphatic heterocycles. The first kappa shape index (κ1) is 19.5. The lowest BCUT2D eigenvalue weighted by Gasteiger charge is -2.32. The van der Waals surface area contributed by atoms with Crippen LogP contribution >= 0.6 is 0 Å². The number of para-hydroxylation sites is 1. The van der Waals surface area contributed by atoms with E-state index in [-0.39, 0.29) is 23.6 Å². The van der Waals surface area contributed by atoms with Crippen molar-refractivity contribution < 1.29 is 24.2 Å². The second-order valence-electron chi connectivity index (χ2n) is 6.63. The monoisotopic (exact) mass is 384 g/mol. The van der Waals surface area contributed by atoms with Gasteiger partial charge in [-0.05, 0) is 43.2 Å². The molecule has 7 heteroatoms. The number of likely N-dealkylation sites (tertiary alicyclic amines) is 1. The van der Waals surface area contributed by atoms with Crippen molar-refractivity contribution in [3.05, 3.63) is 53.6 Å². The van der Waals surface area contributed by atoms with E-state index in [4.69, 9.17) is 9.47 Å². The number of benzene rings is 2. The van der Waals surface area contributed by atoms with E-state index in [0.717, 1.165) is 0 Å². The van der Waals surface area contributed by atoms with Crippen LogP contribution in [0.3, 0.4) is 0 Å². The van der Waals surface area contributed by atoms with Gasteiger partial charge in [0.15, 0.2) is 11.5 Å². The van der Waals surface area contributed by atoms with Crippen molar-refractivity contribution in [3.8, 4) is 17.2 Å². The summed E-state index contributed by atoms with van der Waals surface area (Å²) in [5.74, 6) is 0.666. The third-order valence-corrected chi connectivity index (χ3v) is 4.90. The number of hydrogen-bond acceptors (Lipinski definition) is 5. The largest absolute Gasteiger partial charge is 0.507 e. The molecule has 1 saturated heterocycles. The Kier molecular flexibility index (Phi) is 6.03. The SMILES string of the molecule is COc1ccc(C(=O)NC2CCN(C(=O)c3ccccc3O)CC2)cc1OC. The molecule has 2 N–H and O–H groups in total. The highest BCUT2D eigenvalue weighted by Gasteiger charge is 2.26. The molecule has 0 unspecified atom stereocenters. The second kappa shape index (κ2) is 8.65. The fourth-order valence-electron chi connectivity index (χ4n) is 3.30. The average Bonchev–Trinajstić information content (AvgIpc) is 2.73. The van der Waals surface area contributed by atoms with Gasteiger partial charge >= 0.3 is 0 Å². The standard InChI is InChI=1S/C21H24N2O5/c1-27-18-8-7-14(13-19(18)28-2)20(25)22-15-9-11-23(12-10-15)21(26)16-5-3-4-6-17(16)24/h3-8,13,15,24H,9-12H2,1-2H3,(H,22,25). The van der Waals surface area contributed by atoms with E-state index in [1.807, 2.05) is 0 Å². The van der Waals surface area contributed by atoms with Gasteiger partial charge in [-0.2, -0.15) is 0 Å². The summed E-state index contributed by atoms with van der Waals surface area (Å²) in [7, 11) is 3.07. The molecule has 0 bridgehead atoms. The lowest BCUT2D eigenvalue weighted by atomic mass is 10.0. The first-order valence-electron chi connectivity index (χ1n) is 9.13. The number of carbonyl (C=O) groups excluding carboxylic acids is 2. The minimum Gasteiger partial charge on any atom is -0.507 e. The van der Waals surface area contributed by atoms with Crippen LogP contribution in [0, 0.1) is 0 Å². The van der Waals surface area contributed by atoms with Gasteiger partial charge in [0.1, 0.15) is 5.75 Å². The van der Waals surface area contributed by atoms with Crippen molar-refractivity contribution in [2.24, 2.45) is 0 Å². The van der Waals surface area contributed by atoms with Gasteiger partial charge in [-0.3, -0.25) is 9.59 Å². The van der Waals surface area contributed by atoms with Gasteiger partial charge in [0, 0.05) is 24.7 Å². The highest BCUT2D eigenvalue weighted by molar-refractivity contribution is 5.97. The predicted molar refractivity (Wildman–Crippen MR) is 104 cm³/mol. The van der Waals surface area contributed by atoms with Gasteiger partial charge in [-0.25, -0.2) is 0 Å². The van der Waals surface area contributed by atoms with Gasteiger partial charge in [0.2, 0.25) is 0 Å². The van der Waals surface area contributed by atoms with Crippen molar-refractivity contribution >= 4 is 11.8 Å². The Morgan fingerprint density at radius 3 is 2.36 bits per heavy atom. The number of phenols is 1. The fraction of sp³-hybridized carbons (Fsp3) is 0.333. The van der Waals surface area contributed by atoms with Gasteiger partial charge < -0.3 is 24.8 Å². The third kappa shape index (κ3) is 4.19. The maximum absolute atomic E-state index is 12.6. The number of nitrogens with zero attached hydrogens (tertiary/aromatic N) is 1. The van der Waals surface area contributed by atoms with Crippen molar-refractivity contribution in [3.63, 3.8) is 0 Å². The highest BCUT2D eigenvalue weighted by Crippen LogP contribution is 2.27. The molecule has 0 spiro atoms. The van der Waals surface area contributed by atoms with Crippen LogP contribution in [-0.4, -0.2) is 55.2 Å². The van der Waals surface area contributed by atoms with Crippen molar-refractivity contribution in [2.45, 2.75) is 18.9 Å². The molecule has 0 atom stereocenters. The van der Waals surface area contributed by atoms with E-state index in [1.165, 1.54) is 13.2 Å². The Bertz CT molecular complexity index is 860. The molecule has 2 amide bonds. The fourth-order valence-corrected chi connectivity index (χ4v) is 3.30. The Balaban J connectivity index is 1.58. The average molecular weight is 384 g/mol. The molecule has 0 aliphatic carbocycles. The van der Waals surface area contributed by atoms with Crippen LogP contribution in [0.15, 0.2) is 42.5 Å². The number of methoxy groups -OCH3 is 2. The number of nitrogens with one attached hydrogen (secondary N) is 1. The number of phenolic OH excluding ortho intramolecular Hbond substituents is 1. The normalized spacial score (nSPS) is 14.4. The number of carbonyl (C=O) groups is 2. The zero-order chi connectivity index (χ0) is 20.1. The molecule has 0 aromatic heterocycles. The number of hydrogen-bond donors (Lipinski definition) is 2. The summed E-state index contributed by atoms with van der Waals surface area (Å²) in [6, 6.07) is 11.5. The predicted octanol–water partition coefficient (Wildman–Crippen LogP) is 2.44. The molecule has 0 saturated carbocycles. The highest BCUT2D eigenvalue weighted by atomic mass is 16.5. The maximum atomic E-state index is 12.6. The summed E-state index contributed by atoms with van der Waals surface area (Å²) in [4.78, 5) is 26.8. The number of aromatic hydroxyl groups is 1. The quantitative estimate of drug-likeness (QED) is 0.827. The Labute approximate surface area is 163 Å². The topological polar surface area (TPSA) is 88.1 Å². The molecule has 1 aliphatic rings. The zero-order valence-electron chi connectivity index (χ0n) is 16.0. The third-order valence-electron chi connectivity index (χ3n) is 4.90. The minimum atomic E-state index is -0.192. The molecule has 148 valence electrons. The van der Waals surface area contributed by atoms with Crippen molar-refractivity contribution in [2.75, 3.05) is 27.3 Å². The van der Waals surface area contributed by atoms with Crippen LogP contribution in [0.25, 0.3) is 0 Å². The second-order valence-corrected chi connectivity index (χ2v) is 6.63. The molecule has 1 heterocycles. The zero-order valence-corrected chi connectivity index (χ0v) is 16.0. The smallest absolute Gasteiger partial charge is 0.257 e. The Morgan fingerprint density at radius 1 is 1.04 bits per heavy atom. The van der Waals surface area contributed by atoms with Crippen LogP contribution in [-0.2, 0) is 0 Å². The molecule has 2 aromatic rings. The van der Waals surface area contributed by atoms with Crippen molar-refractivity contribution in [1.82, 2.24) is 10.2 Å². The maximum Gasteiger partial charge on any atom is 0.257 e. The Hall–Kier alpha value is -3.22. The molecule has 7 nitrogen and oxygen atoms in total. The Morgan fingerprint density at radius 2 is 1.71 bits per heavy atom. The summed E-state index contributed by atoms with van der Waals surface area (Å²) in [5, 5.41) is 12.9. The molecular formula is C21H24N2O5. The van der Waals surface area contributed by atoms with Crippen molar-refractivity contribution in [1.29, 1.82) is 0 Å². The molecule has 1 fully saturated rings. The van der Waals surface area contributed by atoms with E-state index >= 15 is 0 Å². The van der Waals surface area contributed by atoms with Crippen LogP contribution in [0.5, 0.6) is 17.2 Å². The molecule has 28 heavy (non-hydrogen) atoms. The van der Waals surface area contributed by atoms with Gasteiger partial charge in [0.25, 0.3) is 11.8 Å². The molecule has 3 rings (SSSR count). The summed E-state index contributed by atoms with van der Waals surface area (Å²) in [6.45, 7) is 1.04. The lowest BCUT2D eigenvalue weighted by Crippen LogP contribution is -2.46. The van der Waals surface area contributed by atoms with Crippen LogP contribution in [0.2, 0.25) is 0 Å². The van der Waals surface area contributed by atoms with Gasteiger partial charge in [0.05, 0.1) is 19.8 Å². The van der Waals surface area contributed by atoms with Crippen LogP contribution in [0.1, 0.15) is 33.6 Å². The first-order valence-corrected chi connectivity index (χ1v) is 9.13. The summed E-state index contributed by atoms with van der Waals surface area (Å²) < 4.78 is 10.4. The number of amides is 2. The summed E-state index contributed by atoms with van der Waals surface area (Å²) >= 11 is 0. The molecule has 0 radical (unpaired) electrons. The summed E-state index contributed by atoms with van der Waals surface area (Å²) in [6.07, 6.45) is 1.30. The van der Waals surface area contributed by atoms with Crippen LogP contribution < -0.4 is 14.8 Å². The first-order chi connectivity index (χ1) is 13.5. The lowest BCUT2D eigenvalue weighted by molar-refractivity contribution is 0.0695. The number of rotatable bonds is 5. The van der Waals surface area contributed by atoms with E-state index < -0.39 is 0 Å². The molecular weight excluding hydrogens is 360 g/mol. The summed E-state index contributed by atoms with van der Waals surface area (Å²) in [5.41, 5.74) is 0.792. The number of ether oxygens (including phenoxy) is 2. The van der Waals surface area contributed by atoms with Gasteiger partial charge in [-0.15, -0.1) is 0 Å². The van der Waals surface area contributed by atoms with E-state index in [9.17, 15) is 14.7 Å². The number of piperidine rings is 1. The van der Waals surface area contributed by atoms with E-state index in [0.29, 0.717) is 48.6 Å². The minimum absolute atomic E-state index is 0.0172.